The molecule has 0 fully saturated rings. The van der Waals surface area contributed by atoms with Gasteiger partial charge in [0.1, 0.15) is 0 Å². The zero-order chi connectivity index (χ0) is 15.7. The molecule has 0 radical (unpaired) electrons. The lowest BCUT2D eigenvalue weighted by molar-refractivity contribution is 0.0970. The van der Waals surface area contributed by atoms with Crippen molar-refractivity contribution < 1.29 is 9.90 Å². The molecule has 4 nitrogen and oxygen atoms in total. The van der Waals surface area contributed by atoms with Crippen molar-refractivity contribution in [3.8, 4) is 6.07 Å². The van der Waals surface area contributed by atoms with Gasteiger partial charge in [-0.25, -0.2) is 0 Å². The van der Waals surface area contributed by atoms with Crippen molar-refractivity contribution in [1.29, 1.82) is 5.26 Å². The number of fused-ring (bicyclic) bond motifs is 1. The second-order valence-corrected chi connectivity index (χ2v) is 5.52. The number of hydrogen-bond donors (Lipinski definition) is 1. The van der Waals surface area contributed by atoms with E-state index in [1.54, 1.807) is 29.2 Å². The first-order valence-electron chi connectivity index (χ1n) is 7.21. The maximum atomic E-state index is 12.8. The number of rotatable bonds is 1. The monoisotopic (exact) mass is 292 g/mol. The SMILES string of the molecule is Cc1ccc2c(c1)C(O)CCN2C(=O)c1cccc(C#N)c1. The summed E-state index contributed by atoms with van der Waals surface area (Å²) in [6, 6.07) is 14.5. The van der Waals surface area contributed by atoms with Crippen LogP contribution in [-0.2, 0) is 0 Å². The molecule has 1 heterocycles. The lowest BCUT2D eigenvalue weighted by Gasteiger charge is -2.32. The van der Waals surface area contributed by atoms with Crippen LogP contribution in [0.25, 0.3) is 0 Å². The number of carbonyl (C=O) groups is 1. The Morgan fingerprint density at radius 1 is 1.32 bits per heavy atom. The van der Waals surface area contributed by atoms with Crippen molar-refractivity contribution in [2.45, 2.75) is 19.4 Å². The number of aliphatic hydroxyl groups excluding tert-OH is 1. The van der Waals surface area contributed by atoms with E-state index < -0.39 is 6.10 Å². The van der Waals surface area contributed by atoms with Gasteiger partial charge in [-0.2, -0.15) is 5.26 Å². The van der Waals surface area contributed by atoms with Crippen molar-refractivity contribution in [1.82, 2.24) is 0 Å². The van der Waals surface area contributed by atoms with Crippen molar-refractivity contribution in [3.05, 3.63) is 64.7 Å². The number of amides is 1. The maximum absolute atomic E-state index is 12.8. The Kier molecular flexibility index (Phi) is 3.66. The highest BCUT2D eigenvalue weighted by Gasteiger charge is 2.28. The molecule has 1 amide bonds. The molecule has 1 N–H and O–H groups in total. The normalized spacial score (nSPS) is 16.8. The summed E-state index contributed by atoms with van der Waals surface area (Å²) in [5.41, 5.74) is 3.54. The number of aryl methyl sites for hydroxylation is 1. The van der Waals surface area contributed by atoms with Crippen LogP contribution in [0.5, 0.6) is 0 Å². The highest BCUT2D eigenvalue weighted by molar-refractivity contribution is 6.07. The molecule has 2 aromatic carbocycles. The zero-order valence-electron chi connectivity index (χ0n) is 12.3. The molecule has 22 heavy (non-hydrogen) atoms. The van der Waals surface area contributed by atoms with Gasteiger partial charge < -0.3 is 10.0 Å². The third kappa shape index (κ3) is 2.47. The largest absolute Gasteiger partial charge is 0.388 e. The van der Waals surface area contributed by atoms with Crippen LogP contribution in [0.3, 0.4) is 0 Å². The van der Waals surface area contributed by atoms with Crippen molar-refractivity contribution in [2.24, 2.45) is 0 Å². The van der Waals surface area contributed by atoms with E-state index in [2.05, 4.69) is 0 Å². The number of carbonyl (C=O) groups excluding carboxylic acids is 1. The number of aliphatic hydroxyl groups is 1. The molecule has 0 aromatic heterocycles. The summed E-state index contributed by atoms with van der Waals surface area (Å²) in [5, 5.41) is 19.1. The van der Waals surface area contributed by atoms with E-state index in [9.17, 15) is 9.90 Å². The summed E-state index contributed by atoms with van der Waals surface area (Å²) in [4.78, 5) is 14.4. The first kappa shape index (κ1) is 14.3. The third-order valence-corrected chi connectivity index (χ3v) is 3.94. The molecule has 1 aliphatic rings. The summed E-state index contributed by atoms with van der Waals surface area (Å²) in [7, 11) is 0. The summed E-state index contributed by atoms with van der Waals surface area (Å²) in [6.07, 6.45) is -0.0236. The van der Waals surface area contributed by atoms with Crippen LogP contribution in [0.1, 0.15) is 39.6 Å². The van der Waals surface area contributed by atoms with Gasteiger partial charge in [0, 0.05) is 23.4 Å². The van der Waals surface area contributed by atoms with Crippen LogP contribution >= 0.6 is 0 Å². The molecule has 1 atom stereocenters. The highest BCUT2D eigenvalue weighted by Crippen LogP contribution is 2.35. The van der Waals surface area contributed by atoms with E-state index in [-0.39, 0.29) is 5.91 Å². The molecule has 4 heteroatoms. The number of anilines is 1. The molecule has 0 saturated carbocycles. The number of hydrogen-bond acceptors (Lipinski definition) is 3. The van der Waals surface area contributed by atoms with E-state index >= 15 is 0 Å². The lowest BCUT2D eigenvalue weighted by atomic mass is 9.96. The quantitative estimate of drug-likeness (QED) is 0.879. The number of nitriles is 1. The highest BCUT2D eigenvalue weighted by atomic mass is 16.3. The molecule has 110 valence electrons. The van der Waals surface area contributed by atoms with Gasteiger partial charge in [0.25, 0.3) is 5.91 Å². The number of benzene rings is 2. The molecular formula is C18H16N2O2. The van der Waals surface area contributed by atoms with Crippen molar-refractivity contribution >= 4 is 11.6 Å². The summed E-state index contributed by atoms with van der Waals surface area (Å²) < 4.78 is 0. The molecule has 0 spiro atoms. The predicted molar refractivity (Wildman–Crippen MR) is 83.6 cm³/mol. The van der Waals surface area contributed by atoms with E-state index in [4.69, 9.17) is 5.26 Å². The van der Waals surface area contributed by atoms with Crippen LogP contribution in [0.2, 0.25) is 0 Å². The van der Waals surface area contributed by atoms with E-state index in [0.29, 0.717) is 24.1 Å². The second kappa shape index (κ2) is 5.63. The fourth-order valence-electron chi connectivity index (χ4n) is 2.80. The molecule has 0 bridgehead atoms. The third-order valence-electron chi connectivity index (χ3n) is 3.94. The molecule has 0 saturated heterocycles. The minimum absolute atomic E-state index is 0.144. The fourth-order valence-corrected chi connectivity index (χ4v) is 2.80. The first-order valence-corrected chi connectivity index (χ1v) is 7.21. The van der Waals surface area contributed by atoms with Crippen molar-refractivity contribution in [3.63, 3.8) is 0 Å². The van der Waals surface area contributed by atoms with Gasteiger partial charge >= 0.3 is 0 Å². The Labute approximate surface area is 129 Å². The van der Waals surface area contributed by atoms with Gasteiger partial charge in [0.15, 0.2) is 0 Å². The molecule has 1 unspecified atom stereocenters. The van der Waals surface area contributed by atoms with Gasteiger partial charge in [0.2, 0.25) is 0 Å². The standard InChI is InChI=1S/C18H16N2O2/c1-12-5-6-16-15(9-12)17(21)7-8-20(16)18(22)14-4-2-3-13(10-14)11-19/h2-6,9-10,17,21H,7-8H2,1H3. The van der Waals surface area contributed by atoms with Crippen LogP contribution in [0.15, 0.2) is 42.5 Å². The Morgan fingerprint density at radius 2 is 2.14 bits per heavy atom. The average molecular weight is 292 g/mol. The Bertz CT molecular complexity index is 777. The van der Waals surface area contributed by atoms with Crippen LogP contribution in [-0.4, -0.2) is 17.6 Å². The smallest absolute Gasteiger partial charge is 0.258 e. The molecule has 1 aliphatic heterocycles. The second-order valence-electron chi connectivity index (χ2n) is 5.52. The predicted octanol–water partition coefficient (Wildman–Crippen LogP) is 2.95. The van der Waals surface area contributed by atoms with E-state index in [1.807, 2.05) is 31.2 Å². The molecule has 0 aliphatic carbocycles. The summed E-state index contributed by atoms with van der Waals surface area (Å²) in [6.45, 7) is 2.43. The van der Waals surface area contributed by atoms with Gasteiger partial charge in [0.05, 0.1) is 17.7 Å². The van der Waals surface area contributed by atoms with Gasteiger partial charge in [-0.1, -0.05) is 23.8 Å². The van der Waals surface area contributed by atoms with E-state index in [1.165, 1.54) is 0 Å². The van der Waals surface area contributed by atoms with Crippen LogP contribution in [0, 0.1) is 18.3 Å². The average Bonchev–Trinajstić information content (AvgIpc) is 2.55. The van der Waals surface area contributed by atoms with E-state index in [0.717, 1.165) is 16.8 Å². The summed E-state index contributed by atoms with van der Waals surface area (Å²) in [5.74, 6) is -0.144. The van der Waals surface area contributed by atoms with Crippen molar-refractivity contribution in [2.75, 3.05) is 11.4 Å². The Morgan fingerprint density at radius 3 is 2.91 bits per heavy atom. The minimum atomic E-state index is -0.538. The number of nitrogens with zero attached hydrogens (tertiary/aromatic N) is 2. The van der Waals surface area contributed by atoms with Crippen LogP contribution in [0.4, 0.5) is 5.69 Å². The molecule has 2 aromatic rings. The first-order chi connectivity index (χ1) is 10.6. The Balaban J connectivity index is 2.01. The molecule has 3 rings (SSSR count). The van der Waals surface area contributed by atoms with Gasteiger partial charge in [-0.15, -0.1) is 0 Å². The molecular weight excluding hydrogens is 276 g/mol. The fraction of sp³-hybridized carbons (Fsp3) is 0.222. The Hall–Kier alpha value is -2.64. The van der Waals surface area contributed by atoms with Gasteiger partial charge in [-0.3, -0.25) is 4.79 Å². The minimum Gasteiger partial charge on any atom is -0.388 e. The van der Waals surface area contributed by atoms with Crippen LogP contribution < -0.4 is 4.90 Å². The summed E-state index contributed by atoms with van der Waals surface area (Å²) >= 11 is 0. The van der Waals surface area contributed by atoms with Gasteiger partial charge in [-0.05, 0) is 37.6 Å². The topological polar surface area (TPSA) is 64.3 Å². The maximum Gasteiger partial charge on any atom is 0.258 e. The zero-order valence-corrected chi connectivity index (χ0v) is 12.3. The lowest BCUT2D eigenvalue weighted by Crippen LogP contribution is -2.36.